The van der Waals surface area contributed by atoms with Crippen molar-refractivity contribution in [1.29, 1.82) is 0 Å². The van der Waals surface area contributed by atoms with E-state index < -0.39 is 0 Å². The van der Waals surface area contributed by atoms with Crippen molar-refractivity contribution in [3.63, 3.8) is 0 Å². The van der Waals surface area contributed by atoms with Gasteiger partial charge in [0.25, 0.3) is 0 Å². The second kappa shape index (κ2) is 10.6. The molecule has 0 fully saturated rings. The number of carbonyl (C=O) groups excluding carboxylic acids is 2. The van der Waals surface area contributed by atoms with Crippen LogP contribution in [-0.4, -0.2) is 23.3 Å². The zero-order valence-electron chi connectivity index (χ0n) is 17.6. The van der Waals surface area contributed by atoms with Gasteiger partial charge in [0.2, 0.25) is 11.8 Å². The van der Waals surface area contributed by atoms with E-state index in [9.17, 15) is 9.59 Å². The van der Waals surface area contributed by atoms with Gasteiger partial charge in [0.15, 0.2) is 0 Å². The van der Waals surface area contributed by atoms with E-state index in [-0.39, 0.29) is 17.7 Å². The lowest BCUT2D eigenvalue weighted by molar-refractivity contribution is -0.124. The Kier molecular flexibility index (Phi) is 7.66. The minimum absolute atomic E-state index is 0.0323. The van der Waals surface area contributed by atoms with Crippen molar-refractivity contribution >= 4 is 22.7 Å². The van der Waals surface area contributed by atoms with Crippen LogP contribution in [0.25, 0.3) is 22.2 Å². The molecule has 0 spiro atoms. The molecule has 0 saturated heterocycles. The summed E-state index contributed by atoms with van der Waals surface area (Å²) < 4.78 is 0. The first kappa shape index (κ1) is 21.6. The van der Waals surface area contributed by atoms with Crippen LogP contribution in [0.3, 0.4) is 0 Å². The first-order chi connectivity index (χ1) is 14.6. The number of hydrogen-bond donors (Lipinski definition) is 3. The zero-order chi connectivity index (χ0) is 21.3. The summed E-state index contributed by atoms with van der Waals surface area (Å²) in [6, 6.07) is 18.6. The maximum atomic E-state index is 12.5. The van der Waals surface area contributed by atoms with Gasteiger partial charge in [-0.3, -0.25) is 9.59 Å². The number of primary amides is 1. The van der Waals surface area contributed by atoms with Gasteiger partial charge in [-0.25, -0.2) is 0 Å². The normalized spacial score (nSPS) is 12.0. The van der Waals surface area contributed by atoms with Gasteiger partial charge in [-0.15, -0.1) is 0 Å². The average Bonchev–Trinajstić information content (AvgIpc) is 3.12. The molecule has 1 unspecified atom stereocenters. The number of nitrogens with one attached hydrogen (secondary N) is 2. The second-order valence-corrected chi connectivity index (χ2v) is 7.90. The van der Waals surface area contributed by atoms with Gasteiger partial charge in [-0.05, 0) is 36.5 Å². The molecule has 3 aromatic rings. The van der Waals surface area contributed by atoms with Gasteiger partial charge >= 0.3 is 0 Å². The number of fused-ring (bicyclic) bond motifs is 1. The molecule has 5 nitrogen and oxygen atoms in total. The van der Waals surface area contributed by atoms with Crippen LogP contribution in [0.5, 0.6) is 0 Å². The van der Waals surface area contributed by atoms with E-state index in [2.05, 4.69) is 34.6 Å². The van der Waals surface area contributed by atoms with Crippen LogP contribution in [0.15, 0.2) is 54.6 Å². The molecular weight excluding hydrogens is 374 g/mol. The molecule has 1 heterocycles. The van der Waals surface area contributed by atoms with Crippen LogP contribution in [0.2, 0.25) is 0 Å². The maximum Gasteiger partial charge on any atom is 0.222 e. The van der Waals surface area contributed by atoms with Crippen LogP contribution >= 0.6 is 0 Å². The third-order valence-electron chi connectivity index (χ3n) is 5.56. The number of rotatable bonds is 11. The molecule has 0 aliphatic rings. The molecule has 0 aliphatic carbocycles. The number of aromatic amines is 1. The Morgan fingerprint density at radius 3 is 2.50 bits per heavy atom. The van der Waals surface area contributed by atoms with Crippen molar-refractivity contribution in [2.45, 2.75) is 45.4 Å². The molecule has 0 aliphatic heterocycles. The van der Waals surface area contributed by atoms with Crippen molar-refractivity contribution in [2.75, 3.05) is 6.54 Å². The van der Waals surface area contributed by atoms with Crippen molar-refractivity contribution in [2.24, 2.45) is 11.7 Å². The number of aromatic nitrogens is 1. The van der Waals surface area contributed by atoms with E-state index in [4.69, 9.17) is 5.73 Å². The number of unbranched alkanes of at least 4 members (excludes halogenated alkanes) is 2. The Morgan fingerprint density at radius 2 is 1.73 bits per heavy atom. The Bertz CT molecular complexity index is 978. The van der Waals surface area contributed by atoms with E-state index in [0.717, 1.165) is 48.9 Å². The molecule has 2 amide bonds. The summed E-state index contributed by atoms with van der Waals surface area (Å²) in [6.45, 7) is 2.57. The quantitative estimate of drug-likeness (QED) is 0.408. The lowest BCUT2D eigenvalue weighted by Crippen LogP contribution is -2.31. The highest BCUT2D eigenvalue weighted by Gasteiger charge is 2.15. The average molecular weight is 406 g/mol. The molecule has 0 bridgehead atoms. The Balaban J connectivity index is 1.57. The fourth-order valence-corrected chi connectivity index (χ4v) is 3.85. The number of amides is 2. The minimum Gasteiger partial charge on any atom is -0.370 e. The van der Waals surface area contributed by atoms with Gasteiger partial charge in [-0.1, -0.05) is 68.3 Å². The second-order valence-electron chi connectivity index (χ2n) is 7.90. The SMILES string of the molecule is CC(CCCCCC(N)=O)C(=O)NCCc1c(-c2ccccc2)[nH]c2ccccc12. The molecule has 1 aromatic heterocycles. The molecular formula is C25H31N3O2. The summed E-state index contributed by atoms with van der Waals surface area (Å²) in [5.41, 5.74) is 9.77. The zero-order valence-corrected chi connectivity index (χ0v) is 17.6. The summed E-state index contributed by atoms with van der Waals surface area (Å²) in [7, 11) is 0. The van der Waals surface area contributed by atoms with Gasteiger partial charge < -0.3 is 16.0 Å². The highest BCUT2D eigenvalue weighted by atomic mass is 16.2. The topological polar surface area (TPSA) is 88.0 Å². The fourth-order valence-electron chi connectivity index (χ4n) is 3.85. The fraction of sp³-hybridized carbons (Fsp3) is 0.360. The number of nitrogens with two attached hydrogens (primary N) is 1. The van der Waals surface area contributed by atoms with Gasteiger partial charge in [0.05, 0.1) is 0 Å². The molecule has 3 rings (SSSR count). The van der Waals surface area contributed by atoms with Crippen molar-refractivity contribution in [3.8, 4) is 11.3 Å². The molecule has 4 N–H and O–H groups in total. The van der Waals surface area contributed by atoms with Crippen molar-refractivity contribution < 1.29 is 9.59 Å². The van der Waals surface area contributed by atoms with Crippen molar-refractivity contribution in [1.82, 2.24) is 10.3 Å². The van der Waals surface area contributed by atoms with Crippen LogP contribution in [-0.2, 0) is 16.0 Å². The van der Waals surface area contributed by atoms with Crippen LogP contribution in [0.4, 0.5) is 0 Å². The Hall–Kier alpha value is -3.08. The lowest BCUT2D eigenvalue weighted by atomic mass is 10.0. The molecule has 0 saturated carbocycles. The van der Waals surface area contributed by atoms with E-state index in [1.54, 1.807) is 0 Å². The van der Waals surface area contributed by atoms with Crippen LogP contribution in [0, 0.1) is 5.92 Å². The molecule has 5 heteroatoms. The summed E-state index contributed by atoms with van der Waals surface area (Å²) in [5.74, 6) is -0.200. The van der Waals surface area contributed by atoms with Gasteiger partial charge in [0, 0.05) is 35.5 Å². The van der Waals surface area contributed by atoms with Gasteiger partial charge in [-0.2, -0.15) is 0 Å². The van der Waals surface area contributed by atoms with E-state index >= 15 is 0 Å². The number of benzene rings is 2. The maximum absolute atomic E-state index is 12.5. The van der Waals surface area contributed by atoms with E-state index in [0.29, 0.717) is 13.0 Å². The highest BCUT2D eigenvalue weighted by Crippen LogP contribution is 2.30. The lowest BCUT2D eigenvalue weighted by Gasteiger charge is -2.12. The van der Waals surface area contributed by atoms with E-state index in [1.807, 2.05) is 37.3 Å². The molecule has 1 atom stereocenters. The summed E-state index contributed by atoms with van der Waals surface area (Å²) >= 11 is 0. The highest BCUT2D eigenvalue weighted by molar-refractivity contribution is 5.91. The number of H-pyrrole nitrogens is 1. The summed E-state index contributed by atoms with van der Waals surface area (Å²) in [5, 5.41) is 4.30. The first-order valence-corrected chi connectivity index (χ1v) is 10.8. The van der Waals surface area contributed by atoms with E-state index in [1.165, 1.54) is 10.9 Å². The first-order valence-electron chi connectivity index (χ1n) is 10.8. The smallest absolute Gasteiger partial charge is 0.222 e. The number of carbonyl (C=O) groups is 2. The van der Waals surface area contributed by atoms with Crippen LogP contribution in [0.1, 0.15) is 44.6 Å². The van der Waals surface area contributed by atoms with Gasteiger partial charge in [0.1, 0.15) is 0 Å². The third-order valence-corrected chi connectivity index (χ3v) is 5.56. The Morgan fingerprint density at radius 1 is 1.00 bits per heavy atom. The molecule has 0 radical (unpaired) electrons. The number of para-hydroxylation sites is 1. The third kappa shape index (κ3) is 5.72. The minimum atomic E-state index is -0.257. The number of hydrogen-bond acceptors (Lipinski definition) is 2. The Labute approximate surface area is 178 Å². The standard InChI is InChI=1S/C25H31N3O2/c1-18(10-4-2-7-15-23(26)29)25(30)27-17-16-21-20-13-8-9-14-22(20)28-24(21)19-11-5-3-6-12-19/h3,5-6,8-9,11-14,18,28H,2,4,7,10,15-17H2,1H3,(H2,26,29)(H,27,30). The summed E-state index contributed by atoms with van der Waals surface area (Å²) in [4.78, 5) is 26.8. The molecule has 2 aromatic carbocycles. The predicted molar refractivity (Wildman–Crippen MR) is 122 cm³/mol. The molecule has 158 valence electrons. The summed E-state index contributed by atoms with van der Waals surface area (Å²) in [6.07, 6.45) is 4.68. The monoisotopic (exact) mass is 405 g/mol. The predicted octanol–water partition coefficient (Wildman–Crippen LogP) is 4.57. The van der Waals surface area contributed by atoms with Crippen LogP contribution < -0.4 is 11.1 Å². The molecule has 30 heavy (non-hydrogen) atoms. The van der Waals surface area contributed by atoms with Crippen molar-refractivity contribution in [3.05, 3.63) is 60.2 Å². The largest absolute Gasteiger partial charge is 0.370 e.